The first-order chi connectivity index (χ1) is 20.4. The zero-order valence-electron chi connectivity index (χ0n) is 25.2. The van der Waals surface area contributed by atoms with Crippen molar-refractivity contribution in [3.8, 4) is 16.9 Å². The monoisotopic (exact) mass is 565 g/mol. The summed E-state index contributed by atoms with van der Waals surface area (Å²) in [4.78, 5) is 13.4. The third-order valence-corrected chi connectivity index (χ3v) is 7.78. The van der Waals surface area contributed by atoms with E-state index in [-0.39, 0.29) is 5.97 Å². The average molecular weight is 566 g/mol. The standard InChI is InChI=1S/C35H39N3O4/c1-7-20-40-22-29-32(24(4)36-38(29)6)31-23(3)18-19-28-27(34(35(39)41-8-2)37(5)33(28)31)16-12-21-42-30-17-11-14-25-13-9-10-15-26(25)30/h7,9-11,13-15,17-19H,1,8,12,16,20-22H2,2-6H3. The molecule has 3 aromatic carbocycles. The molecule has 0 aliphatic heterocycles. The molecule has 42 heavy (non-hydrogen) atoms. The molecular formula is C35H39N3O4. The third kappa shape index (κ3) is 5.44. The SMILES string of the molecule is C=CCOCc1c(-c2c(C)ccc3c(CCCOc4cccc5ccccc45)c(C(=O)OCC)n(C)c23)c(C)nn1C. The zero-order valence-corrected chi connectivity index (χ0v) is 25.2. The first-order valence-corrected chi connectivity index (χ1v) is 14.5. The molecule has 0 aliphatic carbocycles. The van der Waals surface area contributed by atoms with Gasteiger partial charge < -0.3 is 18.8 Å². The summed E-state index contributed by atoms with van der Waals surface area (Å²) in [5.74, 6) is 0.551. The van der Waals surface area contributed by atoms with Crippen molar-refractivity contribution >= 4 is 27.6 Å². The van der Waals surface area contributed by atoms with Gasteiger partial charge in [-0.3, -0.25) is 4.68 Å². The fraction of sp³-hybridized carbons (Fsp3) is 0.314. The van der Waals surface area contributed by atoms with Gasteiger partial charge in [-0.15, -0.1) is 6.58 Å². The van der Waals surface area contributed by atoms with E-state index in [2.05, 4.69) is 43.8 Å². The number of aryl methyl sites for hydroxylation is 5. The molecule has 0 saturated carbocycles. The van der Waals surface area contributed by atoms with Gasteiger partial charge in [-0.1, -0.05) is 54.6 Å². The topological polar surface area (TPSA) is 67.5 Å². The second-order valence-corrected chi connectivity index (χ2v) is 10.5. The van der Waals surface area contributed by atoms with Gasteiger partial charge in [-0.05, 0) is 56.2 Å². The Morgan fingerprint density at radius 2 is 1.79 bits per heavy atom. The van der Waals surface area contributed by atoms with Crippen molar-refractivity contribution < 1.29 is 19.0 Å². The number of aromatic nitrogens is 3. The first-order valence-electron chi connectivity index (χ1n) is 14.5. The number of benzene rings is 3. The van der Waals surface area contributed by atoms with Crippen LogP contribution >= 0.6 is 0 Å². The molecule has 0 radical (unpaired) electrons. The zero-order chi connectivity index (χ0) is 29.8. The van der Waals surface area contributed by atoms with Crippen LogP contribution in [0.15, 0.2) is 67.3 Å². The fourth-order valence-corrected chi connectivity index (χ4v) is 5.94. The van der Waals surface area contributed by atoms with Crippen LogP contribution in [0.1, 0.15) is 46.3 Å². The van der Waals surface area contributed by atoms with Gasteiger partial charge in [-0.2, -0.15) is 5.10 Å². The van der Waals surface area contributed by atoms with Crippen LogP contribution in [-0.4, -0.2) is 40.1 Å². The maximum absolute atomic E-state index is 13.4. The van der Waals surface area contributed by atoms with Crippen LogP contribution in [0.3, 0.4) is 0 Å². The fourth-order valence-electron chi connectivity index (χ4n) is 5.94. The highest BCUT2D eigenvalue weighted by atomic mass is 16.5. The Labute approximate surface area is 247 Å². The second-order valence-electron chi connectivity index (χ2n) is 10.5. The van der Waals surface area contributed by atoms with Gasteiger partial charge in [0.25, 0.3) is 0 Å². The number of rotatable bonds is 12. The molecular weight excluding hydrogens is 526 g/mol. The van der Waals surface area contributed by atoms with Crippen LogP contribution in [0, 0.1) is 13.8 Å². The largest absolute Gasteiger partial charge is 0.493 e. The first kappa shape index (κ1) is 29.1. The number of ether oxygens (including phenoxy) is 3. The molecule has 218 valence electrons. The van der Waals surface area contributed by atoms with Crippen LogP contribution in [0.4, 0.5) is 0 Å². The Balaban J connectivity index is 1.55. The summed E-state index contributed by atoms with van der Waals surface area (Å²) in [6, 6.07) is 18.6. The molecule has 5 rings (SSSR count). The van der Waals surface area contributed by atoms with Crippen LogP contribution in [-0.2, 0) is 36.6 Å². The maximum Gasteiger partial charge on any atom is 0.355 e. The molecule has 0 N–H and O–H groups in total. The van der Waals surface area contributed by atoms with Crippen molar-refractivity contribution in [1.29, 1.82) is 0 Å². The van der Waals surface area contributed by atoms with Crippen molar-refractivity contribution in [1.82, 2.24) is 14.3 Å². The molecule has 7 heteroatoms. The Bertz CT molecular complexity index is 1760. The lowest BCUT2D eigenvalue weighted by Crippen LogP contribution is -2.13. The van der Waals surface area contributed by atoms with E-state index in [0.717, 1.165) is 67.5 Å². The molecule has 0 amide bonds. The summed E-state index contributed by atoms with van der Waals surface area (Å²) in [5, 5.41) is 8.02. The Hall–Kier alpha value is -4.36. The predicted molar refractivity (Wildman–Crippen MR) is 168 cm³/mol. The smallest absolute Gasteiger partial charge is 0.355 e. The molecule has 0 bridgehead atoms. The molecule has 0 saturated heterocycles. The lowest BCUT2D eigenvalue weighted by atomic mass is 9.94. The molecule has 0 aliphatic rings. The molecule has 7 nitrogen and oxygen atoms in total. The van der Waals surface area contributed by atoms with Gasteiger partial charge in [0.15, 0.2) is 0 Å². The number of carbonyl (C=O) groups excluding carboxylic acids is 1. The summed E-state index contributed by atoms with van der Waals surface area (Å²) in [5.41, 5.74) is 7.63. The van der Waals surface area contributed by atoms with Gasteiger partial charge >= 0.3 is 5.97 Å². The van der Waals surface area contributed by atoms with Crippen LogP contribution in [0.5, 0.6) is 5.75 Å². The maximum atomic E-state index is 13.4. The highest BCUT2D eigenvalue weighted by Gasteiger charge is 2.27. The molecule has 2 aromatic heterocycles. The highest BCUT2D eigenvalue weighted by molar-refractivity contribution is 6.05. The normalized spacial score (nSPS) is 11.4. The number of esters is 1. The Morgan fingerprint density at radius 1 is 1.00 bits per heavy atom. The van der Waals surface area contributed by atoms with Crippen LogP contribution in [0.2, 0.25) is 0 Å². The summed E-state index contributed by atoms with van der Waals surface area (Å²) in [6.07, 6.45) is 3.15. The minimum absolute atomic E-state index is 0.308. The summed E-state index contributed by atoms with van der Waals surface area (Å²) < 4.78 is 21.5. The van der Waals surface area contributed by atoms with Gasteiger partial charge in [0.1, 0.15) is 11.4 Å². The lowest BCUT2D eigenvalue weighted by molar-refractivity contribution is 0.0514. The van der Waals surface area contributed by atoms with Gasteiger partial charge in [0, 0.05) is 36.0 Å². The van der Waals surface area contributed by atoms with Gasteiger partial charge in [0.05, 0.1) is 43.3 Å². The Morgan fingerprint density at radius 3 is 2.57 bits per heavy atom. The van der Waals surface area contributed by atoms with E-state index in [9.17, 15) is 4.79 Å². The van der Waals surface area contributed by atoms with E-state index in [0.29, 0.717) is 38.5 Å². The Kier molecular flexibility index (Phi) is 8.78. The van der Waals surface area contributed by atoms with E-state index in [1.54, 1.807) is 6.08 Å². The second kappa shape index (κ2) is 12.7. The predicted octanol–water partition coefficient (Wildman–Crippen LogP) is 7.24. The van der Waals surface area contributed by atoms with E-state index in [1.165, 1.54) is 0 Å². The number of fused-ring (bicyclic) bond motifs is 2. The third-order valence-electron chi connectivity index (χ3n) is 7.78. The molecule has 0 spiro atoms. The summed E-state index contributed by atoms with van der Waals surface area (Å²) in [6.45, 7) is 11.4. The van der Waals surface area contributed by atoms with Gasteiger partial charge in [0.2, 0.25) is 0 Å². The van der Waals surface area contributed by atoms with E-state index in [1.807, 2.05) is 61.5 Å². The quantitative estimate of drug-likeness (QED) is 0.0906. The number of hydrogen-bond donors (Lipinski definition) is 0. The number of hydrogen-bond acceptors (Lipinski definition) is 5. The summed E-state index contributed by atoms with van der Waals surface area (Å²) in [7, 11) is 3.89. The highest BCUT2D eigenvalue weighted by Crippen LogP contribution is 2.40. The average Bonchev–Trinajstić information content (AvgIpc) is 3.42. The van der Waals surface area contributed by atoms with Gasteiger partial charge in [-0.25, -0.2) is 4.79 Å². The van der Waals surface area contributed by atoms with Crippen molar-refractivity contribution in [2.75, 3.05) is 19.8 Å². The van der Waals surface area contributed by atoms with Crippen LogP contribution in [0.25, 0.3) is 32.8 Å². The van der Waals surface area contributed by atoms with E-state index >= 15 is 0 Å². The van der Waals surface area contributed by atoms with E-state index < -0.39 is 0 Å². The number of carbonyl (C=O) groups is 1. The molecule has 2 heterocycles. The number of nitrogens with zero attached hydrogens (tertiary/aromatic N) is 3. The van der Waals surface area contributed by atoms with Crippen LogP contribution < -0.4 is 4.74 Å². The van der Waals surface area contributed by atoms with Crippen molar-refractivity contribution in [3.63, 3.8) is 0 Å². The lowest BCUT2D eigenvalue weighted by Gasteiger charge is -2.13. The molecule has 0 fully saturated rings. The van der Waals surface area contributed by atoms with Crippen molar-refractivity contribution in [3.05, 3.63) is 95.5 Å². The summed E-state index contributed by atoms with van der Waals surface area (Å²) >= 11 is 0. The minimum Gasteiger partial charge on any atom is -0.493 e. The van der Waals surface area contributed by atoms with Crippen molar-refractivity contribution in [2.24, 2.45) is 14.1 Å². The molecule has 0 unspecified atom stereocenters. The van der Waals surface area contributed by atoms with E-state index in [4.69, 9.17) is 19.3 Å². The minimum atomic E-state index is -0.317. The molecule has 0 atom stereocenters. The molecule has 5 aromatic rings. The van der Waals surface area contributed by atoms with Crippen molar-refractivity contribution in [2.45, 2.75) is 40.2 Å².